The van der Waals surface area contributed by atoms with Crippen molar-refractivity contribution < 1.29 is 8.42 Å². The van der Waals surface area contributed by atoms with Gasteiger partial charge in [-0.2, -0.15) is 10.2 Å². The molecule has 0 atom stereocenters. The average molecular weight is 400 g/mol. The van der Waals surface area contributed by atoms with Crippen molar-refractivity contribution in [2.75, 3.05) is 0 Å². The fraction of sp³-hybridized carbons (Fsp3) is 0. The van der Waals surface area contributed by atoms with Crippen LogP contribution in [0.25, 0.3) is 16.9 Å². The van der Waals surface area contributed by atoms with E-state index in [1.165, 1.54) is 12.1 Å². The number of primary sulfonamides is 1. The van der Waals surface area contributed by atoms with Crippen molar-refractivity contribution in [2.24, 2.45) is 16.0 Å². The van der Waals surface area contributed by atoms with Crippen LogP contribution in [0.4, 0.5) is 0 Å². The monoisotopic (exact) mass is 400 g/mol. The Kier molecular flexibility index (Phi) is 5.31. The molecule has 27 heavy (non-hydrogen) atoms. The third-order valence-corrected chi connectivity index (χ3v) is 4.62. The Morgan fingerprint density at radius 2 is 1.81 bits per heavy atom. The van der Waals surface area contributed by atoms with Crippen LogP contribution in [-0.4, -0.2) is 29.5 Å². The maximum absolute atomic E-state index is 11.4. The molecule has 1 aromatic heterocycles. The van der Waals surface area contributed by atoms with Gasteiger partial charge in [0.1, 0.15) is 5.69 Å². The predicted octanol–water partition coefficient (Wildman–Crippen LogP) is 1.35. The highest BCUT2D eigenvalue weighted by atomic mass is 32.2. The van der Waals surface area contributed by atoms with E-state index in [0.717, 1.165) is 11.1 Å². The summed E-state index contributed by atoms with van der Waals surface area (Å²) in [4.78, 5) is 0.0316. The predicted molar refractivity (Wildman–Crippen MR) is 108 cm³/mol. The molecule has 0 fully saturated rings. The van der Waals surface area contributed by atoms with E-state index < -0.39 is 10.0 Å². The highest BCUT2D eigenvalue weighted by molar-refractivity contribution is 7.89. The normalized spacial score (nSPS) is 11.6. The molecule has 0 aliphatic heterocycles. The van der Waals surface area contributed by atoms with E-state index in [2.05, 4.69) is 15.6 Å². The lowest BCUT2D eigenvalue weighted by atomic mass is 10.1. The number of sulfonamides is 1. The Labute approximate surface area is 161 Å². The van der Waals surface area contributed by atoms with Crippen LogP contribution in [0.2, 0.25) is 0 Å². The first-order chi connectivity index (χ1) is 12.8. The molecule has 8 nitrogen and oxygen atoms in total. The van der Waals surface area contributed by atoms with Crippen molar-refractivity contribution >= 4 is 33.6 Å². The van der Waals surface area contributed by atoms with Crippen LogP contribution in [0.1, 0.15) is 5.56 Å². The minimum Gasteiger partial charge on any atom is -0.375 e. The number of aromatic nitrogens is 2. The van der Waals surface area contributed by atoms with Gasteiger partial charge in [0.05, 0.1) is 16.8 Å². The lowest BCUT2D eigenvalue weighted by molar-refractivity contribution is 0.598. The van der Waals surface area contributed by atoms with E-state index in [4.69, 9.17) is 23.1 Å². The molecule has 0 aliphatic carbocycles. The van der Waals surface area contributed by atoms with E-state index in [9.17, 15) is 8.42 Å². The number of benzene rings is 2. The second-order valence-electron chi connectivity index (χ2n) is 5.52. The van der Waals surface area contributed by atoms with Crippen LogP contribution in [0, 0.1) is 0 Å². The zero-order valence-electron chi connectivity index (χ0n) is 14.0. The number of hydrogen-bond acceptors (Lipinski definition) is 5. The average Bonchev–Trinajstić information content (AvgIpc) is 3.06. The summed E-state index contributed by atoms with van der Waals surface area (Å²) in [5.74, 6) is 0. The first kappa shape index (κ1) is 18.7. The number of thiocarbonyl (C=S) groups is 1. The molecule has 3 aromatic rings. The van der Waals surface area contributed by atoms with Crippen molar-refractivity contribution in [3.63, 3.8) is 0 Å². The van der Waals surface area contributed by atoms with E-state index in [-0.39, 0.29) is 10.0 Å². The number of hydrazone groups is 1. The number of nitrogens with one attached hydrogen (secondary N) is 1. The molecule has 0 saturated carbocycles. The standard InChI is InChI=1S/C17H16N6O2S2/c18-17(26)21-20-10-13-11-23(22-16(13)12-4-2-1-3-5-12)14-6-8-15(9-7-14)27(19,24)25/h1-11H,(H3,18,21,26)(H2,19,24,25)/b20-10+. The van der Waals surface area contributed by atoms with Gasteiger partial charge < -0.3 is 5.73 Å². The van der Waals surface area contributed by atoms with Gasteiger partial charge in [0, 0.05) is 17.3 Å². The summed E-state index contributed by atoms with van der Waals surface area (Å²) in [5.41, 5.74) is 10.9. The minimum absolute atomic E-state index is 0.0316. The van der Waals surface area contributed by atoms with Crippen LogP contribution in [-0.2, 0) is 10.0 Å². The molecule has 0 radical (unpaired) electrons. The summed E-state index contributed by atoms with van der Waals surface area (Å²) >= 11 is 4.73. The topological polar surface area (TPSA) is 128 Å². The van der Waals surface area contributed by atoms with Crippen LogP contribution in [0.3, 0.4) is 0 Å². The minimum atomic E-state index is -3.75. The zero-order valence-corrected chi connectivity index (χ0v) is 15.6. The summed E-state index contributed by atoms with van der Waals surface area (Å²) in [7, 11) is -3.75. The van der Waals surface area contributed by atoms with Gasteiger partial charge in [0.2, 0.25) is 10.0 Å². The molecular formula is C17H16N6O2S2. The van der Waals surface area contributed by atoms with Crippen LogP contribution >= 0.6 is 12.2 Å². The Balaban J connectivity index is 2.03. The van der Waals surface area contributed by atoms with E-state index in [1.807, 2.05) is 30.3 Å². The Hall–Kier alpha value is -3.08. The Bertz CT molecular complexity index is 1090. The molecule has 5 N–H and O–H groups in total. The van der Waals surface area contributed by atoms with Crippen LogP contribution in [0.5, 0.6) is 0 Å². The van der Waals surface area contributed by atoms with Gasteiger partial charge in [0.15, 0.2) is 5.11 Å². The Morgan fingerprint density at radius 1 is 1.15 bits per heavy atom. The Morgan fingerprint density at radius 3 is 2.41 bits per heavy atom. The molecule has 138 valence electrons. The summed E-state index contributed by atoms with van der Waals surface area (Å²) in [5, 5.41) is 13.8. The molecule has 2 aromatic carbocycles. The fourth-order valence-electron chi connectivity index (χ4n) is 2.39. The smallest absolute Gasteiger partial charge is 0.238 e. The van der Waals surface area contributed by atoms with Crippen molar-refractivity contribution in [1.82, 2.24) is 15.2 Å². The fourth-order valence-corrected chi connectivity index (χ4v) is 2.96. The third kappa shape index (κ3) is 4.56. The van der Waals surface area contributed by atoms with Gasteiger partial charge in [0.25, 0.3) is 0 Å². The van der Waals surface area contributed by atoms with E-state index in [0.29, 0.717) is 11.4 Å². The summed E-state index contributed by atoms with van der Waals surface area (Å²) in [6.45, 7) is 0. The van der Waals surface area contributed by atoms with Crippen molar-refractivity contribution in [1.29, 1.82) is 0 Å². The summed E-state index contributed by atoms with van der Waals surface area (Å²) in [6.07, 6.45) is 3.32. The quantitative estimate of drug-likeness (QED) is 0.337. The number of nitrogens with zero attached hydrogens (tertiary/aromatic N) is 3. The first-order valence-electron chi connectivity index (χ1n) is 7.71. The van der Waals surface area contributed by atoms with Crippen molar-refractivity contribution in [2.45, 2.75) is 4.90 Å². The van der Waals surface area contributed by atoms with Crippen LogP contribution < -0.4 is 16.3 Å². The third-order valence-electron chi connectivity index (χ3n) is 3.60. The van der Waals surface area contributed by atoms with Crippen molar-refractivity contribution in [3.8, 4) is 16.9 Å². The number of hydrogen-bond donors (Lipinski definition) is 3. The molecule has 0 aliphatic rings. The summed E-state index contributed by atoms with van der Waals surface area (Å²) < 4.78 is 24.4. The highest BCUT2D eigenvalue weighted by Gasteiger charge is 2.12. The number of nitrogens with two attached hydrogens (primary N) is 2. The van der Waals surface area contributed by atoms with Crippen LogP contribution in [0.15, 0.2) is 70.8 Å². The second-order valence-corrected chi connectivity index (χ2v) is 7.52. The molecule has 0 saturated heterocycles. The lowest BCUT2D eigenvalue weighted by Crippen LogP contribution is -2.24. The van der Waals surface area contributed by atoms with Gasteiger partial charge in [-0.05, 0) is 36.5 Å². The summed E-state index contributed by atoms with van der Waals surface area (Å²) in [6, 6.07) is 15.7. The lowest BCUT2D eigenvalue weighted by Gasteiger charge is -2.03. The van der Waals surface area contributed by atoms with Gasteiger partial charge in [-0.15, -0.1) is 0 Å². The van der Waals surface area contributed by atoms with Gasteiger partial charge >= 0.3 is 0 Å². The van der Waals surface area contributed by atoms with Crippen molar-refractivity contribution in [3.05, 3.63) is 66.4 Å². The second kappa shape index (κ2) is 7.66. The first-order valence-corrected chi connectivity index (χ1v) is 9.67. The maximum Gasteiger partial charge on any atom is 0.238 e. The molecule has 10 heteroatoms. The number of rotatable bonds is 5. The SMILES string of the molecule is NC(=S)N/N=C/c1cn(-c2ccc(S(N)(=O)=O)cc2)nc1-c1ccccc1. The zero-order chi connectivity index (χ0) is 19.4. The molecule has 3 rings (SSSR count). The maximum atomic E-state index is 11.4. The van der Waals surface area contributed by atoms with E-state index >= 15 is 0 Å². The van der Waals surface area contributed by atoms with Gasteiger partial charge in [-0.3, -0.25) is 5.43 Å². The largest absolute Gasteiger partial charge is 0.375 e. The molecular weight excluding hydrogens is 384 g/mol. The molecule has 0 unspecified atom stereocenters. The highest BCUT2D eigenvalue weighted by Crippen LogP contribution is 2.23. The molecule has 0 amide bonds. The molecule has 0 spiro atoms. The molecule has 1 heterocycles. The van der Waals surface area contributed by atoms with E-state index in [1.54, 1.807) is 29.2 Å². The van der Waals surface area contributed by atoms with Gasteiger partial charge in [-0.1, -0.05) is 30.3 Å². The van der Waals surface area contributed by atoms with Gasteiger partial charge in [-0.25, -0.2) is 18.2 Å². The molecule has 0 bridgehead atoms.